The van der Waals surface area contributed by atoms with Gasteiger partial charge in [-0.1, -0.05) is 0 Å². The standard InChI is InChI=1S/C5H8N2O4/c1-4(6(8)9)3-5(2)7(10)11/h3-4H,1-2H3/b5-3+/t4-/m1/s1. The molecule has 0 saturated heterocycles. The van der Waals surface area contributed by atoms with E-state index in [0.717, 1.165) is 6.08 Å². The summed E-state index contributed by atoms with van der Waals surface area (Å²) in [4.78, 5) is 18.7. The molecular weight excluding hydrogens is 152 g/mol. The van der Waals surface area contributed by atoms with Crippen molar-refractivity contribution in [3.05, 3.63) is 32.0 Å². The van der Waals surface area contributed by atoms with Gasteiger partial charge in [0.15, 0.2) is 0 Å². The van der Waals surface area contributed by atoms with Crippen LogP contribution in [0.1, 0.15) is 13.8 Å². The highest BCUT2D eigenvalue weighted by Gasteiger charge is 2.13. The Morgan fingerprint density at radius 2 is 1.91 bits per heavy atom. The van der Waals surface area contributed by atoms with Crippen LogP contribution >= 0.6 is 0 Å². The molecule has 0 fully saturated rings. The summed E-state index contributed by atoms with van der Waals surface area (Å²) >= 11 is 0. The van der Waals surface area contributed by atoms with E-state index in [1.165, 1.54) is 13.8 Å². The van der Waals surface area contributed by atoms with Crippen LogP contribution in [-0.4, -0.2) is 15.9 Å². The molecule has 0 unspecified atom stereocenters. The lowest BCUT2D eigenvalue weighted by atomic mass is 10.3. The number of nitro groups is 2. The number of rotatable bonds is 3. The highest BCUT2D eigenvalue weighted by atomic mass is 16.6. The normalized spacial score (nSPS) is 14.2. The fourth-order valence-electron chi connectivity index (χ4n) is 0.471. The fraction of sp³-hybridized carbons (Fsp3) is 0.600. The Morgan fingerprint density at radius 1 is 1.45 bits per heavy atom. The quantitative estimate of drug-likeness (QED) is 0.452. The molecule has 62 valence electrons. The van der Waals surface area contributed by atoms with E-state index in [-0.39, 0.29) is 5.70 Å². The Hall–Kier alpha value is -1.46. The van der Waals surface area contributed by atoms with Crippen molar-refractivity contribution in [2.75, 3.05) is 0 Å². The van der Waals surface area contributed by atoms with Crippen LogP contribution in [0, 0.1) is 20.2 Å². The molecule has 1 atom stereocenters. The molecule has 0 aromatic heterocycles. The first-order valence-electron chi connectivity index (χ1n) is 2.91. The van der Waals surface area contributed by atoms with E-state index in [2.05, 4.69) is 0 Å². The monoisotopic (exact) mass is 160 g/mol. The number of hydrogen-bond acceptors (Lipinski definition) is 4. The van der Waals surface area contributed by atoms with Gasteiger partial charge in [0.1, 0.15) is 0 Å². The van der Waals surface area contributed by atoms with E-state index in [4.69, 9.17) is 0 Å². The molecule has 0 spiro atoms. The van der Waals surface area contributed by atoms with Gasteiger partial charge < -0.3 is 0 Å². The van der Waals surface area contributed by atoms with Crippen molar-refractivity contribution >= 4 is 0 Å². The van der Waals surface area contributed by atoms with Gasteiger partial charge in [0, 0.05) is 18.8 Å². The van der Waals surface area contributed by atoms with Crippen LogP contribution < -0.4 is 0 Å². The zero-order valence-electron chi connectivity index (χ0n) is 6.18. The van der Waals surface area contributed by atoms with Crippen LogP contribution in [0.4, 0.5) is 0 Å². The van der Waals surface area contributed by atoms with Crippen LogP contribution in [0.2, 0.25) is 0 Å². The second-order valence-corrected chi connectivity index (χ2v) is 2.09. The van der Waals surface area contributed by atoms with Gasteiger partial charge in [-0.3, -0.25) is 20.2 Å². The third-order valence-electron chi connectivity index (χ3n) is 1.10. The average molecular weight is 160 g/mol. The molecule has 0 aliphatic carbocycles. The Labute approximate surface area is 62.8 Å². The van der Waals surface area contributed by atoms with E-state index < -0.39 is 15.9 Å². The summed E-state index contributed by atoms with van der Waals surface area (Å²) in [6, 6.07) is -1.000. The summed E-state index contributed by atoms with van der Waals surface area (Å²) in [5.74, 6) is 0. The van der Waals surface area contributed by atoms with Crippen LogP contribution in [0.5, 0.6) is 0 Å². The first kappa shape index (κ1) is 9.54. The van der Waals surface area contributed by atoms with Crippen LogP contribution in [-0.2, 0) is 0 Å². The number of nitrogens with zero attached hydrogens (tertiary/aromatic N) is 2. The van der Waals surface area contributed by atoms with E-state index in [0.29, 0.717) is 0 Å². The molecule has 0 aliphatic heterocycles. The zero-order chi connectivity index (χ0) is 9.02. The summed E-state index contributed by atoms with van der Waals surface area (Å²) in [7, 11) is 0. The van der Waals surface area contributed by atoms with Gasteiger partial charge in [-0.2, -0.15) is 0 Å². The third-order valence-corrected chi connectivity index (χ3v) is 1.10. The van der Waals surface area contributed by atoms with E-state index in [1.54, 1.807) is 0 Å². The van der Waals surface area contributed by atoms with Crippen molar-refractivity contribution in [2.45, 2.75) is 19.9 Å². The van der Waals surface area contributed by atoms with Gasteiger partial charge in [0.25, 0.3) is 0 Å². The second kappa shape index (κ2) is 3.65. The molecule has 0 radical (unpaired) electrons. The summed E-state index contributed by atoms with van der Waals surface area (Å²) < 4.78 is 0. The van der Waals surface area contributed by atoms with Crippen molar-refractivity contribution in [1.29, 1.82) is 0 Å². The molecule has 0 amide bonds. The summed E-state index contributed by atoms with van der Waals surface area (Å²) in [6.45, 7) is 2.51. The maximum Gasteiger partial charge on any atom is 0.246 e. The molecule has 0 bridgehead atoms. The SMILES string of the molecule is C/C(=C\[C@@H](C)[N+](=O)[O-])[N+](=O)[O-]. The molecule has 0 aromatic carbocycles. The predicted octanol–water partition coefficient (Wildman–Crippen LogP) is 0.832. The largest absolute Gasteiger partial charge is 0.264 e. The summed E-state index contributed by atoms with van der Waals surface area (Å²) in [5, 5.41) is 20.0. The molecule has 0 aromatic rings. The van der Waals surface area contributed by atoms with Gasteiger partial charge >= 0.3 is 0 Å². The molecule has 0 aliphatic rings. The van der Waals surface area contributed by atoms with Crippen molar-refractivity contribution in [3.8, 4) is 0 Å². The van der Waals surface area contributed by atoms with Crippen LogP contribution in [0.25, 0.3) is 0 Å². The molecule has 11 heavy (non-hydrogen) atoms. The summed E-state index contributed by atoms with van der Waals surface area (Å²) in [5.41, 5.74) is -0.200. The van der Waals surface area contributed by atoms with Crippen molar-refractivity contribution in [1.82, 2.24) is 0 Å². The molecule has 0 saturated carbocycles. The Balaban J connectivity index is 4.31. The van der Waals surface area contributed by atoms with Crippen molar-refractivity contribution < 1.29 is 9.85 Å². The first-order chi connectivity index (χ1) is 4.95. The lowest BCUT2D eigenvalue weighted by Gasteiger charge is -1.94. The maximum absolute atomic E-state index is 10.00. The van der Waals surface area contributed by atoms with Crippen LogP contribution in [0.3, 0.4) is 0 Å². The smallest absolute Gasteiger partial charge is 0.246 e. The lowest BCUT2D eigenvalue weighted by Crippen LogP contribution is -2.13. The number of allylic oxidation sites excluding steroid dienone is 1. The Morgan fingerprint density at radius 3 is 2.18 bits per heavy atom. The zero-order valence-corrected chi connectivity index (χ0v) is 6.18. The highest BCUT2D eigenvalue weighted by Crippen LogP contribution is 1.98. The minimum atomic E-state index is -1.000. The van der Waals surface area contributed by atoms with Gasteiger partial charge in [-0.15, -0.1) is 0 Å². The maximum atomic E-state index is 10.00. The highest BCUT2D eigenvalue weighted by molar-refractivity contribution is 4.91. The van der Waals surface area contributed by atoms with E-state index in [9.17, 15) is 20.2 Å². The Kier molecular flexibility index (Phi) is 3.16. The summed E-state index contributed by atoms with van der Waals surface area (Å²) in [6.07, 6.45) is 1.00. The van der Waals surface area contributed by atoms with E-state index >= 15 is 0 Å². The lowest BCUT2D eigenvalue weighted by molar-refractivity contribution is -0.507. The van der Waals surface area contributed by atoms with Gasteiger partial charge in [-0.25, -0.2) is 0 Å². The third kappa shape index (κ3) is 3.29. The van der Waals surface area contributed by atoms with Gasteiger partial charge in [0.05, 0.1) is 11.0 Å². The van der Waals surface area contributed by atoms with E-state index in [1.807, 2.05) is 0 Å². The van der Waals surface area contributed by atoms with Crippen molar-refractivity contribution in [3.63, 3.8) is 0 Å². The average Bonchev–Trinajstić information content (AvgIpc) is 1.87. The topological polar surface area (TPSA) is 86.3 Å². The molecule has 6 nitrogen and oxygen atoms in total. The molecule has 0 heterocycles. The van der Waals surface area contributed by atoms with Crippen molar-refractivity contribution in [2.24, 2.45) is 0 Å². The molecule has 0 N–H and O–H groups in total. The minimum Gasteiger partial charge on any atom is -0.264 e. The number of hydrogen-bond donors (Lipinski definition) is 0. The molecule has 0 rings (SSSR count). The molecule has 6 heteroatoms. The second-order valence-electron chi connectivity index (χ2n) is 2.09. The van der Waals surface area contributed by atoms with Gasteiger partial charge in [-0.05, 0) is 0 Å². The predicted molar refractivity (Wildman–Crippen MR) is 37.2 cm³/mol. The minimum absolute atomic E-state index is 0.200. The first-order valence-corrected chi connectivity index (χ1v) is 2.91. The van der Waals surface area contributed by atoms with Gasteiger partial charge in [0.2, 0.25) is 11.7 Å². The Bertz CT molecular complexity index is 211. The molecular formula is C5H8N2O4. The van der Waals surface area contributed by atoms with Crippen LogP contribution in [0.15, 0.2) is 11.8 Å². The fourth-order valence-corrected chi connectivity index (χ4v) is 0.471.